The van der Waals surface area contributed by atoms with E-state index in [1.165, 1.54) is 17.2 Å². The van der Waals surface area contributed by atoms with Crippen LogP contribution in [-0.4, -0.2) is 80.7 Å². The van der Waals surface area contributed by atoms with Crippen molar-refractivity contribution in [3.63, 3.8) is 0 Å². The predicted molar refractivity (Wildman–Crippen MR) is 207 cm³/mol. The molecule has 3 N–H and O–H groups in total. The number of ether oxygens (including phenoxy) is 3. The maximum atomic E-state index is 13.7. The van der Waals surface area contributed by atoms with Gasteiger partial charge in [0, 0.05) is 5.56 Å². The lowest BCUT2D eigenvalue weighted by atomic mass is 9.90. The van der Waals surface area contributed by atoms with Gasteiger partial charge in [0.05, 0.1) is 51.4 Å². The third-order valence-corrected chi connectivity index (χ3v) is 9.00. The predicted octanol–water partition coefficient (Wildman–Crippen LogP) is 4.60. The van der Waals surface area contributed by atoms with Crippen molar-refractivity contribution in [2.24, 2.45) is 5.92 Å². The van der Waals surface area contributed by atoms with Crippen LogP contribution < -0.4 is 20.7 Å². The van der Waals surface area contributed by atoms with Crippen molar-refractivity contribution in [1.29, 1.82) is 0 Å². The number of hydroxylamine groups is 2. The van der Waals surface area contributed by atoms with Gasteiger partial charge in [0.1, 0.15) is 24.2 Å². The largest absolute Gasteiger partial charge is 0.493 e. The van der Waals surface area contributed by atoms with Crippen LogP contribution in [0.2, 0.25) is 0 Å². The summed E-state index contributed by atoms with van der Waals surface area (Å²) in [7, 11) is 2.29. The molecule has 0 unspecified atom stereocenters. The van der Waals surface area contributed by atoms with E-state index in [0.717, 1.165) is 25.3 Å². The van der Waals surface area contributed by atoms with Gasteiger partial charge in [-0.15, -0.1) is 0 Å². The summed E-state index contributed by atoms with van der Waals surface area (Å²) in [5.74, 6) is -3.49. The van der Waals surface area contributed by atoms with Crippen molar-refractivity contribution in [3.05, 3.63) is 113 Å². The van der Waals surface area contributed by atoms with Crippen molar-refractivity contribution >= 4 is 36.1 Å². The zero-order chi connectivity index (χ0) is 41.2. The second-order valence-corrected chi connectivity index (χ2v) is 12.7. The van der Waals surface area contributed by atoms with Crippen LogP contribution in [0.3, 0.4) is 0 Å². The van der Waals surface area contributed by atoms with Crippen LogP contribution in [0, 0.1) is 5.92 Å². The Bertz CT molecular complexity index is 1950. The number of furan rings is 1. The number of nitrogens with zero attached hydrogens (tertiary/aromatic N) is 1. The van der Waals surface area contributed by atoms with Gasteiger partial charge in [0.2, 0.25) is 12.3 Å². The fourth-order valence-electron chi connectivity index (χ4n) is 6.04. The van der Waals surface area contributed by atoms with E-state index in [9.17, 15) is 28.8 Å². The molecule has 0 spiro atoms. The number of esters is 2. The highest BCUT2D eigenvalue weighted by Crippen LogP contribution is 2.29. The molecule has 0 aliphatic rings. The van der Waals surface area contributed by atoms with Gasteiger partial charge in [-0.25, -0.2) is 9.86 Å². The van der Waals surface area contributed by atoms with Gasteiger partial charge in [-0.3, -0.25) is 28.8 Å². The molecule has 0 saturated carbocycles. The lowest BCUT2D eigenvalue weighted by Crippen LogP contribution is -2.48. The van der Waals surface area contributed by atoms with Crippen LogP contribution in [0.1, 0.15) is 65.1 Å². The van der Waals surface area contributed by atoms with E-state index in [2.05, 4.69) is 20.7 Å². The quantitative estimate of drug-likeness (QED) is 0.0437. The second kappa shape index (κ2) is 22.2. The molecular formula is C42H48N4O11. The number of carbonyl (C=O) groups is 6. The fraction of sp³-hybridized carbons (Fsp3) is 0.333. The Morgan fingerprint density at radius 1 is 0.825 bits per heavy atom. The Hall–Kier alpha value is -6.48. The van der Waals surface area contributed by atoms with Crippen molar-refractivity contribution in [2.75, 3.05) is 27.5 Å². The molecule has 302 valence electrons. The van der Waals surface area contributed by atoms with Crippen molar-refractivity contribution in [2.45, 2.75) is 58.2 Å². The Kier molecular flexibility index (Phi) is 16.8. The van der Waals surface area contributed by atoms with Crippen molar-refractivity contribution < 1.29 is 52.2 Å². The van der Waals surface area contributed by atoms with E-state index in [-0.39, 0.29) is 48.6 Å². The summed E-state index contributed by atoms with van der Waals surface area (Å²) >= 11 is 0. The zero-order valence-corrected chi connectivity index (χ0v) is 32.4. The van der Waals surface area contributed by atoms with Gasteiger partial charge in [0.15, 0.2) is 5.76 Å². The molecule has 0 saturated heterocycles. The van der Waals surface area contributed by atoms with Crippen LogP contribution in [0.5, 0.6) is 5.75 Å². The van der Waals surface area contributed by atoms with E-state index >= 15 is 0 Å². The lowest BCUT2D eigenvalue weighted by Gasteiger charge is -2.32. The summed E-state index contributed by atoms with van der Waals surface area (Å²) in [6.07, 6.45) is 1.57. The molecule has 4 amide bonds. The topological polar surface area (TPSA) is 192 Å². The molecule has 15 nitrogen and oxygen atoms in total. The van der Waals surface area contributed by atoms with Crippen LogP contribution in [0.4, 0.5) is 0 Å². The second-order valence-electron chi connectivity index (χ2n) is 12.7. The Labute approximate surface area is 330 Å². The molecule has 0 aliphatic heterocycles. The number of carbonyl (C=O) groups excluding carboxylic acids is 6. The summed E-state index contributed by atoms with van der Waals surface area (Å²) < 4.78 is 20.9. The first-order valence-electron chi connectivity index (χ1n) is 18.4. The summed E-state index contributed by atoms with van der Waals surface area (Å²) in [4.78, 5) is 82.2. The Balaban J connectivity index is 1.42. The molecule has 1 aromatic heterocycles. The number of methoxy groups -OCH3 is 2. The van der Waals surface area contributed by atoms with E-state index < -0.39 is 48.2 Å². The van der Waals surface area contributed by atoms with Crippen LogP contribution in [-0.2, 0) is 46.5 Å². The van der Waals surface area contributed by atoms with Crippen LogP contribution in [0.15, 0.2) is 95.4 Å². The molecule has 0 fully saturated rings. The third kappa shape index (κ3) is 12.5. The Morgan fingerprint density at radius 3 is 2.16 bits per heavy atom. The fourth-order valence-corrected chi connectivity index (χ4v) is 6.04. The van der Waals surface area contributed by atoms with Gasteiger partial charge in [-0.05, 0) is 61.6 Å². The van der Waals surface area contributed by atoms with Gasteiger partial charge >= 0.3 is 11.9 Å². The van der Waals surface area contributed by atoms with Gasteiger partial charge in [0.25, 0.3) is 11.8 Å². The number of hydrogen-bond donors (Lipinski definition) is 3. The first-order chi connectivity index (χ1) is 27.6. The number of amides is 4. The minimum Gasteiger partial charge on any atom is -0.493 e. The van der Waals surface area contributed by atoms with E-state index in [1.807, 2.05) is 67.6 Å². The van der Waals surface area contributed by atoms with Crippen molar-refractivity contribution in [3.8, 4) is 17.1 Å². The highest BCUT2D eigenvalue weighted by molar-refractivity contribution is 6.00. The van der Waals surface area contributed by atoms with Gasteiger partial charge in [-0.2, -0.15) is 0 Å². The third-order valence-electron chi connectivity index (χ3n) is 9.00. The molecular weight excluding hydrogens is 736 g/mol. The highest BCUT2D eigenvalue weighted by atomic mass is 16.7. The molecule has 3 atom stereocenters. The molecule has 15 heteroatoms. The number of nitrogens with one attached hydrogen (secondary N) is 3. The molecule has 4 rings (SSSR count). The SMILES string of the molecule is CCOc1cc(-c2ccc(C(=O)NCNC(=O)[C@H](CCc3ccccc3)[C@@H](CC)N(C=O)OCc3ccccc3)o2)ccc1C(=O)N[C@H](CC(=O)OC)C(=O)OC. The maximum absolute atomic E-state index is 13.7. The van der Waals surface area contributed by atoms with E-state index in [1.54, 1.807) is 25.1 Å². The highest BCUT2D eigenvalue weighted by Gasteiger charge is 2.32. The van der Waals surface area contributed by atoms with Crippen LogP contribution >= 0.6 is 0 Å². The minimum absolute atomic E-state index is 0.0451. The lowest BCUT2D eigenvalue weighted by molar-refractivity contribution is -0.200. The summed E-state index contributed by atoms with van der Waals surface area (Å²) in [6.45, 7) is 3.72. The summed E-state index contributed by atoms with van der Waals surface area (Å²) in [5, 5.41) is 9.11. The van der Waals surface area contributed by atoms with Gasteiger partial charge in [-0.1, -0.05) is 73.7 Å². The van der Waals surface area contributed by atoms with Crippen molar-refractivity contribution in [1.82, 2.24) is 21.0 Å². The molecule has 4 aromatic rings. The van der Waals surface area contributed by atoms with Gasteiger partial charge < -0.3 is 34.6 Å². The molecule has 1 heterocycles. The summed E-state index contributed by atoms with van der Waals surface area (Å²) in [6, 6.07) is 24.8. The smallest absolute Gasteiger partial charge is 0.328 e. The van der Waals surface area contributed by atoms with E-state index in [0.29, 0.717) is 31.2 Å². The number of aryl methyl sites for hydroxylation is 1. The number of rotatable bonds is 22. The molecule has 57 heavy (non-hydrogen) atoms. The first kappa shape index (κ1) is 43.3. The normalized spacial score (nSPS) is 12.3. The zero-order valence-electron chi connectivity index (χ0n) is 32.4. The monoisotopic (exact) mass is 784 g/mol. The number of hydrogen-bond acceptors (Lipinski definition) is 11. The van der Waals surface area contributed by atoms with E-state index in [4.69, 9.17) is 18.7 Å². The standard InChI is InChI=1S/C42H48N4O11/c1-5-34(46(27-47)56-25-29-15-11-8-12-16-29)31(19-17-28-13-9-7-10-14-28)39(49)43-26-44-41(51)36-22-21-35(57-36)30-18-20-32(37(23-30)55-6-2)40(50)45-33(42(52)54-4)24-38(48)53-3/h7-16,18,20-23,27,31,33-34H,5-6,17,19,24-26H2,1-4H3,(H,43,49)(H,44,51)(H,45,50)/t31-,33-,34-/m1/s1. The van der Waals surface area contributed by atoms with Crippen LogP contribution in [0.25, 0.3) is 11.3 Å². The molecule has 3 aromatic carbocycles. The molecule has 0 bridgehead atoms. The first-order valence-corrected chi connectivity index (χ1v) is 18.4. The molecule has 0 radical (unpaired) electrons. The maximum Gasteiger partial charge on any atom is 0.328 e. The number of benzene rings is 3. The average Bonchev–Trinajstić information content (AvgIpc) is 3.74. The Morgan fingerprint density at radius 2 is 1.53 bits per heavy atom. The average molecular weight is 785 g/mol. The summed E-state index contributed by atoms with van der Waals surface area (Å²) in [5.41, 5.74) is 2.45. The minimum atomic E-state index is -1.29. The molecule has 0 aliphatic carbocycles.